The molecule has 0 radical (unpaired) electrons. The maximum atomic E-state index is 12.2. The highest BCUT2D eigenvalue weighted by Crippen LogP contribution is 2.23. The van der Waals surface area contributed by atoms with Gasteiger partial charge in [-0.15, -0.1) is 0 Å². The van der Waals surface area contributed by atoms with Gasteiger partial charge in [-0.25, -0.2) is 18.1 Å². The van der Waals surface area contributed by atoms with Gasteiger partial charge in [0.1, 0.15) is 10.0 Å². The van der Waals surface area contributed by atoms with E-state index in [4.69, 9.17) is 16.3 Å². The van der Waals surface area contributed by atoms with E-state index in [1.165, 1.54) is 12.3 Å². The molecule has 2 heterocycles. The Hall–Kier alpha value is -0.210. The number of ether oxygens (including phenoxy) is 1. The molecule has 2 rings (SSSR count). The standard InChI is InChI=1S/C11H14BrClN2O3S/c12-9-5-10(11(13)14-7-9)19(16,17)15-6-8-1-3-18-4-2-8/h5,7-8,15H,1-4,6H2. The van der Waals surface area contributed by atoms with Crippen molar-refractivity contribution >= 4 is 37.6 Å². The molecule has 0 amide bonds. The molecule has 19 heavy (non-hydrogen) atoms. The Labute approximate surface area is 125 Å². The fourth-order valence-electron chi connectivity index (χ4n) is 1.85. The van der Waals surface area contributed by atoms with Crippen molar-refractivity contribution in [3.63, 3.8) is 0 Å². The SMILES string of the molecule is O=S(=O)(NCC1CCOCC1)c1cc(Br)cnc1Cl. The van der Waals surface area contributed by atoms with Gasteiger partial charge in [0.05, 0.1) is 0 Å². The second kappa shape index (κ2) is 6.49. The number of aromatic nitrogens is 1. The Morgan fingerprint density at radius 3 is 2.84 bits per heavy atom. The summed E-state index contributed by atoms with van der Waals surface area (Å²) in [6, 6.07) is 1.45. The monoisotopic (exact) mass is 368 g/mol. The molecule has 1 fully saturated rings. The van der Waals surface area contributed by atoms with Crippen LogP contribution in [-0.4, -0.2) is 33.2 Å². The summed E-state index contributed by atoms with van der Waals surface area (Å²) in [5, 5.41) is -0.0253. The molecule has 1 aliphatic heterocycles. The van der Waals surface area contributed by atoms with Crippen molar-refractivity contribution < 1.29 is 13.2 Å². The number of pyridine rings is 1. The number of hydrogen-bond donors (Lipinski definition) is 1. The molecule has 8 heteroatoms. The Morgan fingerprint density at radius 1 is 1.47 bits per heavy atom. The van der Waals surface area contributed by atoms with E-state index < -0.39 is 10.0 Å². The average molecular weight is 370 g/mol. The van der Waals surface area contributed by atoms with Crippen molar-refractivity contribution in [3.8, 4) is 0 Å². The Balaban J connectivity index is 2.07. The molecule has 0 aromatic carbocycles. The maximum Gasteiger partial charge on any atom is 0.243 e. The second-order valence-corrected chi connectivity index (χ2v) is 7.36. The van der Waals surface area contributed by atoms with Gasteiger partial charge in [0, 0.05) is 30.4 Å². The van der Waals surface area contributed by atoms with Crippen LogP contribution in [0.15, 0.2) is 21.6 Å². The van der Waals surface area contributed by atoms with E-state index in [9.17, 15) is 8.42 Å². The Bertz CT molecular complexity index is 547. The van der Waals surface area contributed by atoms with Gasteiger partial charge in [-0.05, 0) is 40.8 Å². The first-order chi connectivity index (χ1) is 8.99. The van der Waals surface area contributed by atoms with E-state index in [1.807, 2.05) is 0 Å². The lowest BCUT2D eigenvalue weighted by molar-refractivity contribution is 0.0678. The first-order valence-corrected chi connectivity index (χ1v) is 8.53. The molecule has 0 saturated carbocycles. The molecule has 0 aliphatic carbocycles. The molecular formula is C11H14BrClN2O3S. The minimum absolute atomic E-state index is 0.00407. The van der Waals surface area contributed by atoms with E-state index >= 15 is 0 Å². The van der Waals surface area contributed by atoms with Gasteiger partial charge in [-0.2, -0.15) is 0 Å². The molecule has 1 N–H and O–H groups in total. The molecule has 0 bridgehead atoms. The number of hydrogen-bond acceptors (Lipinski definition) is 4. The van der Waals surface area contributed by atoms with Gasteiger partial charge in [0.15, 0.2) is 0 Å². The smallest absolute Gasteiger partial charge is 0.243 e. The van der Waals surface area contributed by atoms with Crippen LogP contribution in [0.25, 0.3) is 0 Å². The van der Waals surface area contributed by atoms with Gasteiger partial charge in [-0.1, -0.05) is 11.6 Å². The Kier molecular flexibility index (Phi) is 5.19. The number of rotatable bonds is 4. The minimum Gasteiger partial charge on any atom is -0.381 e. The largest absolute Gasteiger partial charge is 0.381 e. The predicted octanol–water partition coefficient (Wildman–Crippen LogP) is 2.20. The van der Waals surface area contributed by atoms with E-state index in [2.05, 4.69) is 25.6 Å². The van der Waals surface area contributed by atoms with E-state index in [0.717, 1.165) is 12.8 Å². The summed E-state index contributed by atoms with van der Waals surface area (Å²) in [6.07, 6.45) is 3.19. The number of halogens is 2. The fourth-order valence-corrected chi connectivity index (χ4v) is 3.91. The molecule has 1 aromatic rings. The topological polar surface area (TPSA) is 68.3 Å². The number of nitrogens with one attached hydrogen (secondary N) is 1. The van der Waals surface area contributed by atoms with Crippen LogP contribution >= 0.6 is 27.5 Å². The lowest BCUT2D eigenvalue weighted by Crippen LogP contribution is -2.32. The van der Waals surface area contributed by atoms with Crippen LogP contribution in [0, 0.1) is 5.92 Å². The van der Waals surface area contributed by atoms with Crippen molar-refractivity contribution in [1.82, 2.24) is 9.71 Å². The van der Waals surface area contributed by atoms with Gasteiger partial charge >= 0.3 is 0 Å². The minimum atomic E-state index is -3.63. The molecule has 1 aliphatic rings. The summed E-state index contributed by atoms with van der Waals surface area (Å²) in [5.74, 6) is 0.308. The van der Waals surface area contributed by atoms with Crippen molar-refractivity contribution in [2.24, 2.45) is 5.92 Å². The van der Waals surface area contributed by atoms with Crippen LogP contribution in [0.1, 0.15) is 12.8 Å². The summed E-state index contributed by atoms with van der Waals surface area (Å²) in [5.41, 5.74) is 0. The van der Waals surface area contributed by atoms with Crippen LogP contribution in [0.3, 0.4) is 0 Å². The zero-order chi connectivity index (χ0) is 13.9. The average Bonchev–Trinajstić information content (AvgIpc) is 2.40. The summed E-state index contributed by atoms with van der Waals surface area (Å²) in [7, 11) is -3.63. The lowest BCUT2D eigenvalue weighted by Gasteiger charge is -2.22. The summed E-state index contributed by atoms with van der Waals surface area (Å²) < 4.78 is 32.7. The summed E-state index contributed by atoms with van der Waals surface area (Å²) in [4.78, 5) is 3.82. The third-order valence-electron chi connectivity index (χ3n) is 2.97. The number of nitrogens with zero attached hydrogens (tertiary/aromatic N) is 1. The molecular weight excluding hydrogens is 356 g/mol. The Morgan fingerprint density at radius 2 is 2.16 bits per heavy atom. The van der Waals surface area contributed by atoms with E-state index in [-0.39, 0.29) is 10.0 Å². The van der Waals surface area contributed by atoms with Gasteiger partial charge in [0.2, 0.25) is 10.0 Å². The first kappa shape index (κ1) is 15.2. The second-order valence-electron chi connectivity index (χ2n) is 4.35. The van der Waals surface area contributed by atoms with Crippen molar-refractivity contribution in [3.05, 3.63) is 21.9 Å². The van der Waals surface area contributed by atoms with Crippen molar-refractivity contribution in [1.29, 1.82) is 0 Å². The third-order valence-corrected chi connectivity index (χ3v) is 5.25. The van der Waals surface area contributed by atoms with Crippen molar-refractivity contribution in [2.45, 2.75) is 17.7 Å². The van der Waals surface area contributed by atoms with Crippen molar-refractivity contribution in [2.75, 3.05) is 19.8 Å². The van der Waals surface area contributed by atoms with Crippen LogP contribution < -0.4 is 4.72 Å². The van der Waals surface area contributed by atoms with Crippen LogP contribution in [-0.2, 0) is 14.8 Å². The van der Waals surface area contributed by atoms with E-state index in [0.29, 0.717) is 30.1 Å². The molecule has 1 saturated heterocycles. The summed E-state index contributed by atoms with van der Waals surface area (Å²) in [6.45, 7) is 1.77. The predicted molar refractivity (Wildman–Crippen MR) is 75.7 cm³/mol. The van der Waals surface area contributed by atoms with Gasteiger partial charge in [-0.3, -0.25) is 0 Å². The highest BCUT2D eigenvalue weighted by molar-refractivity contribution is 9.10. The molecule has 106 valence electrons. The zero-order valence-electron chi connectivity index (χ0n) is 10.1. The zero-order valence-corrected chi connectivity index (χ0v) is 13.3. The lowest BCUT2D eigenvalue weighted by atomic mass is 10.0. The highest BCUT2D eigenvalue weighted by Gasteiger charge is 2.22. The normalized spacial score (nSPS) is 17.6. The highest BCUT2D eigenvalue weighted by atomic mass is 79.9. The molecule has 5 nitrogen and oxygen atoms in total. The maximum absolute atomic E-state index is 12.2. The number of sulfonamides is 1. The molecule has 0 unspecified atom stereocenters. The first-order valence-electron chi connectivity index (χ1n) is 5.87. The van der Waals surface area contributed by atoms with Crippen LogP contribution in [0.4, 0.5) is 0 Å². The molecule has 0 atom stereocenters. The van der Waals surface area contributed by atoms with Gasteiger partial charge in [0.25, 0.3) is 0 Å². The molecule has 1 aromatic heterocycles. The van der Waals surface area contributed by atoms with Crippen LogP contribution in [0.5, 0.6) is 0 Å². The van der Waals surface area contributed by atoms with Crippen LogP contribution in [0.2, 0.25) is 5.15 Å². The summed E-state index contributed by atoms with van der Waals surface area (Å²) >= 11 is 9.02. The third kappa shape index (κ3) is 4.13. The fraction of sp³-hybridized carbons (Fsp3) is 0.545. The van der Waals surface area contributed by atoms with E-state index in [1.54, 1.807) is 0 Å². The quantitative estimate of drug-likeness (QED) is 0.826. The molecule has 0 spiro atoms. The van der Waals surface area contributed by atoms with Gasteiger partial charge < -0.3 is 4.74 Å².